The number of hydrogen-bond acceptors (Lipinski definition) is 1. The van der Waals surface area contributed by atoms with E-state index in [1.54, 1.807) is 18.2 Å². The maximum absolute atomic E-state index is 13.6. The van der Waals surface area contributed by atoms with Gasteiger partial charge in [0.2, 0.25) is 0 Å². The third kappa shape index (κ3) is 3.65. The molecule has 0 heterocycles. The molecule has 2 rings (SSSR count). The van der Waals surface area contributed by atoms with Crippen molar-refractivity contribution in [1.29, 1.82) is 0 Å². The molecular weight excluding hydrogens is 243 g/mol. The van der Waals surface area contributed by atoms with Crippen LogP contribution >= 0.6 is 0 Å². The number of aliphatic carboxylic acids is 1. The van der Waals surface area contributed by atoms with Crippen LogP contribution in [0, 0.1) is 11.7 Å². The van der Waals surface area contributed by atoms with Crippen molar-refractivity contribution in [2.45, 2.75) is 12.8 Å². The maximum atomic E-state index is 13.6. The van der Waals surface area contributed by atoms with Crippen LogP contribution in [-0.2, 0) is 17.6 Å². The van der Waals surface area contributed by atoms with Gasteiger partial charge in [-0.15, -0.1) is 0 Å². The lowest BCUT2D eigenvalue weighted by molar-refractivity contribution is -0.141. The molecule has 0 spiro atoms. The van der Waals surface area contributed by atoms with Crippen LogP contribution < -0.4 is 0 Å². The fourth-order valence-electron chi connectivity index (χ4n) is 2.07. The van der Waals surface area contributed by atoms with E-state index < -0.39 is 11.9 Å². The lowest BCUT2D eigenvalue weighted by atomic mass is 9.92. The standard InChI is InChI=1S/C16H15FO2/c17-15-9-5-4-8-13(15)11-14(16(18)19)10-12-6-2-1-3-7-12/h1-9,14H,10-11H2,(H,18,19). The molecule has 1 N–H and O–H groups in total. The van der Waals surface area contributed by atoms with Gasteiger partial charge >= 0.3 is 5.97 Å². The number of rotatable bonds is 5. The minimum Gasteiger partial charge on any atom is -0.481 e. The Kier molecular flexibility index (Phi) is 4.29. The van der Waals surface area contributed by atoms with Gasteiger partial charge in [0.05, 0.1) is 5.92 Å². The third-order valence-corrected chi connectivity index (χ3v) is 3.10. The van der Waals surface area contributed by atoms with E-state index in [2.05, 4.69) is 0 Å². The van der Waals surface area contributed by atoms with Crippen molar-refractivity contribution in [1.82, 2.24) is 0 Å². The first-order valence-electron chi connectivity index (χ1n) is 6.17. The van der Waals surface area contributed by atoms with Gasteiger partial charge in [0.25, 0.3) is 0 Å². The van der Waals surface area contributed by atoms with Crippen LogP contribution in [0.25, 0.3) is 0 Å². The molecule has 0 saturated heterocycles. The fraction of sp³-hybridized carbons (Fsp3) is 0.188. The Morgan fingerprint density at radius 2 is 1.63 bits per heavy atom. The number of carbonyl (C=O) groups is 1. The molecule has 1 unspecified atom stereocenters. The molecule has 0 saturated carbocycles. The number of hydrogen-bond donors (Lipinski definition) is 1. The van der Waals surface area contributed by atoms with E-state index in [4.69, 9.17) is 0 Å². The first-order chi connectivity index (χ1) is 9.16. The van der Waals surface area contributed by atoms with Crippen molar-refractivity contribution >= 4 is 5.97 Å². The van der Waals surface area contributed by atoms with Gasteiger partial charge in [0.1, 0.15) is 5.82 Å². The smallest absolute Gasteiger partial charge is 0.307 e. The number of carboxylic acids is 1. The second kappa shape index (κ2) is 6.14. The number of halogens is 1. The lowest BCUT2D eigenvalue weighted by Crippen LogP contribution is -2.19. The molecule has 2 aromatic rings. The van der Waals surface area contributed by atoms with Crippen LogP contribution in [0.1, 0.15) is 11.1 Å². The van der Waals surface area contributed by atoms with Crippen molar-refractivity contribution in [3.05, 3.63) is 71.5 Å². The average Bonchev–Trinajstić information content (AvgIpc) is 2.41. The second-order valence-corrected chi connectivity index (χ2v) is 4.52. The van der Waals surface area contributed by atoms with Crippen molar-refractivity contribution in [2.24, 2.45) is 5.92 Å². The number of benzene rings is 2. The Morgan fingerprint density at radius 3 is 2.26 bits per heavy atom. The van der Waals surface area contributed by atoms with Gasteiger partial charge in [-0.25, -0.2) is 4.39 Å². The number of carboxylic acid groups (broad SMARTS) is 1. The Hall–Kier alpha value is -2.16. The highest BCUT2D eigenvalue weighted by Crippen LogP contribution is 2.17. The minimum atomic E-state index is -0.896. The first kappa shape index (κ1) is 13.3. The zero-order valence-corrected chi connectivity index (χ0v) is 10.4. The summed E-state index contributed by atoms with van der Waals surface area (Å²) in [5, 5.41) is 9.26. The van der Waals surface area contributed by atoms with Gasteiger partial charge in [-0.2, -0.15) is 0 Å². The van der Waals surface area contributed by atoms with Gasteiger partial charge in [0.15, 0.2) is 0 Å². The Morgan fingerprint density at radius 1 is 1.00 bits per heavy atom. The summed E-state index contributed by atoms with van der Waals surface area (Å²) in [4.78, 5) is 11.3. The van der Waals surface area contributed by atoms with Gasteiger partial charge in [0, 0.05) is 0 Å². The Bertz CT molecular complexity index is 552. The summed E-state index contributed by atoms with van der Waals surface area (Å²) in [6, 6.07) is 15.7. The van der Waals surface area contributed by atoms with E-state index in [-0.39, 0.29) is 12.2 Å². The predicted molar refractivity (Wildman–Crippen MR) is 71.4 cm³/mol. The lowest BCUT2D eigenvalue weighted by Gasteiger charge is -2.13. The maximum Gasteiger partial charge on any atom is 0.307 e. The van der Waals surface area contributed by atoms with Crippen molar-refractivity contribution in [2.75, 3.05) is 0 Å². The van der Waals surface area contributed by atoms with Gasteiger partial charge in [-0.05, 0) is 30.0 Å². The zero-order chi connectivity index (χ0) is 13.7. The second-order valence-electron chi connectivity index (χ2n) is 4.52. The molecular formula is C16H15FO2. The van der Waals surface area contributed by atoms with E-state index >= 15 is 0 Å². The highest BCUT2D eigenvalue weighted by molar-refractivity contribution is 5.70. The minimum absolute atomic E-state index is 0.205. The molecule has 98 valence electrons. The molecule has 2 aromatic carbocycles. The third-order valence-electron chi connectivity index (χ3n) is 3.10. The molecule has 19 heavy (non-hydrogen) atoms. The summed E-state index contributed by atoms with van der Waals surface area (Å²) in [6.45, 7) is 0. The van der Waals surface area contributed by atoms with Crippen molar-refractivity contribution < 1.29 is 14.3 Å². The van der Waals surface area contributed by atoms with Crippen molar-refractivity contribution in [3.8, 4) is 0 Å². The summed E-state index contributed by atoms with van der Waals surface area (Å²) < 4.78 is 13.6. The monoisotopic (exact) mass is 258 g/mol. The molecule has 0 fully saturated rings. The first-order valence-corrected chi connectivity index (χ1v) is 6.17. The summed E-state index contributed by atoms with van der Waals surface area (Å²) in [6.07, 6.45) is 0.613. The molecule has 0 amide bonds. The van der Waals surface area contributed by atoms with Crippen LogP contribution in [-0.4, -0.2) is 11.1 Å². The quantitative estimate of drug-likeness (QED) is 0.893. The predicted octanol–water partition coefficient (Wildman–Crippen LogP) is 3.31. The van der Waals surface area contributed by atoms with Gasteiger partial charge in [-0.1, -0.05) is 48.5 Å². The van der Waals surface area contributed by atoms with Crippen LogP contribution in [0.5, 0.6) is 0 Å². The summed E-state index contributed by atoms with van der Waals surface area (Å²) in [5.41, 5.74) is 1.40. The molecule has 0 aromatic heterocycles. The summed E-state index contributed by atoms with van der Waals surface area (Å²) >= 11 is 0. The van der Waals surface area contributed by atoms with Gasteiger partial charge in [-0.3, -0.25) is 4.79 Å². The van der Waals surface area contributed by atoms with Crippen LogP contribution in [0.4, 0.5) is 4.39 Å². The van der Waals surface area contributed by atoms with Gasteiger partial charge < -0.3 is 5.11 Å². The molecule has 3 heteroatoms. The zero-order valence-electron chi connectivity index (χ0n) is 10.4. The van der Waals surface area contributed by atoms with Crippen LogP contribution in [0.3, 0.4) is 0 Å². The molecule has 0 aliphatic heterocycles. The molecule has 1 atom stereocenters. The van der Waals surface area contributed by atoms with Crippen LogP contribution in [0.15, 0.2) is 54.6 Å². The summed E-state index contributed by atoms with van der Waals surface area (Å²) in [7, 11) is 0. The topological polar surface area (TPSA) is 37.3 Å². The fourth-order valence-corrected chi connectivity index (χ4v) is 2.07. The van der Waals surface area contributed by atoms with E-state index in [9.17, 15) is 14.3 Å². The van der Waals surface area contributed by atoms with E-state index in [1.807, 2.05) is 30.3 Å². The molecule has 0 aliphatic rings. The van der Waals surface area contributed by atoms with E-state index in [1.165, 1.54) is 6.07 Å². The SMILES string of the molecule is O=C(O)C(Cc1ccccc1)Cc1ccccc1F. The molecule has 0 bridgehead atoms. The normalized spacial score (nSPS) is 12.1. The largest absolute Gasteiger partial charge is 0.481 e. The van der Waals surface area contributed by atoms with E-state index in [0.717, 1.165) is 5.56 Å². The Labute approximate surface area is 111 Å². The molecule has 2 nitrogen and oxygen atoms in total. The highest BCUT2D eigenvalue weighted by Gasteiger charge is 2.19. The molecule has 0 aliphatic carbocycles. The summed E-state index contributed by atoms with van der Waals surface area (Å²) in [5.74, 6) is -1.85. The van der Waals surface area contributed by atoms with Crippen LogP contribution in [0.2, 0.25) is 0 Å². The molecule has 0 radical (unpaired) electrons. The Balaban J connectivity index is 2.13. The average molecular weight is 258 g/mol. The van der Waals surface area contributed by atoms with E-state index in [0.29, 0.717) is 12.0 Å². The van der Waals surface area contributed by atoms with Crippen molar-refractivity contribution in [3.63, 3.8) is 0 Å². The highest BCUT2D eigenvalue weighted by atomic mass is 19.1.